The standard InChI is InChI=1S/C16H20N2O/c1-11-3-5-13(6-4-11)16(14-7-8-14)17-10-15-9-12(2)18-19-15/h3-6,9,14,16-17H,7-8,10H2,1-2H3. The van der Waals surface area contributed by atoms with E-state index in [2.05, 4.69) is 41.7 Å². The Morgan fingerprint density at radius 2 is 2.00 bits per heavy atom. The normalized spacial score (nSPS) is 16.5. The second-order valence-electron chi connectivity index (χ2n) is 5.54. The van der Waals surface area contributed by atoms with E-state index in [1.807, 2.05) is 13.0 Å². The number of hydrogen-bond acceptors (Lipinski definition) is 3. The molecule has 1 atom stereocenters. The molecule has 3 nitrogen and oxygen atoms in total. The van der Waals surface area contributed by atoms with Gasteiger partial charge >= 0.3 is 0 Å². The predicted octanol–water partition coefficient (Wildman–Crippen LogP) is 3.53. The van der Waals surface area contributed by atoms with E-state index in [0.29, 0.717) is 6.04 Å². The van der Waals surface area contributed by atoms with E-state index in [4.69, 9.17) is 4.52 Å². The predicted molar refractivity (Wildman–Crippen MR) is 74.7 cm³/mol. The highest BCUT2D eigenvalue weighted by Gasteiger charge is 2.32. The first-order chi connectivity index (χ1) is 9.22. The molecule has 0 radical (unpaired) electrons. The first-order valence-corrected chi connectivity index (χ1v) is 6.94. The fraction of sp³-hybridized carbons (Fsp3) is 0.438. The molecular formula is C16H20N2O. The van der Waals surface area contributed by atoms with Gasteiger partial charge in [-0.2, -0.15) is 0 Å². The monoisotopic (exact) mass is 256 g/mol. The lowest BCUT2D eigenvalue weighted by molar-refractivity contribution is 0.354. The number of nitrogens with one attached hydrogen (secondary N) is 1. The van der Waals surface area contributed by atoms with Crippen molar-refractivity contribution in [3.05, 3.63) is 52.9 Å². The Kier molecular flexibility index (Phi) is 3.38. The summed E-state index contributed by atoms with van der Waals surface area (Å²) in [5.41, 5.74) is 3.63. The molecule has 1 N–H and O–H groups in total. The second-order valence-corrected chi connectivity index (χ2v) is 5.54. The summed E-state index contributed by atoms with van der Waals surface area (Å²) in [5, 5.41) is 7.54. The minimum Gasteiger partial charge on any atom is -0.360 e. The van der Waals surface area contributed by atoms with Gasteiger partial charge in [0.05, 0.1) is 12.2 Å². The van der Waals surface area contributed by atoms with Crippen LogP contribution in [0, 0.1) is 19.8 Å². The van der Waals surface area contributed by atoms with Crippen LogP contribution in [0.1, 0.15) is 41.5 Å². The largest absolute Gasteiger partial charge is 0.360 e. The van der Waals surface area contributed by atoms with E-state index in [1.54, 1.807) is 0 Å². The SMILES string of the molecule is Cc1ccc(C(NCc2cc(C)no2)C2CC2)cc1. The molecule has 0 spiro atoms. The van der Waals surface area contributed by atoms with Crippen LogP contribution in [0.15, 0.2) is 34.9 Å². The van der Waals surface area contributed by atoms with Crippen LogP contribution in [0.5, 0.6) is 0 Å². The highest BCUT2D eigenvalue weighted by Crippen LogP contribution is 2.41. The van der Waals surface area contributed by atoms with Crippen molar-refractivity contribution in [1.82, 2.24) is 10.5 Å². The van der Waals surface area contributed by atoms with Gasteiger partial charge in [-0.1, -0.05) is 35.0 Å². The Balaban J connectivity index is 1.69. The number of aryl methyl sites for hydroxylation is 2. The Morgan fingerprint density at radius 3 is 2.58 bits per heavy atom. The Morgan fingerprint density at radius 1 is 1.26 bits per heavy atom. The van der Waals surface area contributed by atoms with Crippen molar-refractivity contribution in [3.8, 4) is 0 Å². The topological polar surface area (TPSA) is 38.1 Å². The van der Waals surface area contributed by atoms with E-state index >= 15 is 0 Å². The van der Waals surface area contributed by atoms with Gasteiger partial charge < -0.3 is 9.84 Å². The van der Waals surface area contributed by atoms with Gasteiger partial charge in [0.1, 0.15) is 0 Å². The van der Waals surface area contributed by atoms with Crippen molar-refractivity contribution >= 4 is 0 Å². The third-order valence-corrected chi connectivity index (χ3v) is 3.70. The maximum absolute atomic E-state index is 5.26. The number of rotatable bonds is 5. The summed E-state index contributed by atoms with van der Waals surface area (Å²) in [5.74, 6) is 1.68. The quantitative estimate of drug-likeness (QED) is 0.889. The summed E-state index contributed by atoms with van der Waals surface area (Å²) in [6.45, 7) is 4.82. The highest BCUT2D eigenvalue weighted by molar-refractivity contribution is 5.25. The molecule has 100 valence electrons. The average molecular weight is 256 g/mol. The molecule has 19 heavy (non-hydrogen) atoms. The smallest absolute Gasteiger partial charge is 0.150 e. The Bertz CT molecular complexity index is 540. The van der Waals surface area contributed by atoms with Crippen LogP contribution in [-0.4, -0.2) is 5.16 Å². The third-order valence-electron chi connectivity index (χ3n) is 3.70. The third kappa shape index (κ3) is 3.04. The van der Waals surface area contributed by atoms with Gasteiger partial charge in [-0.25, -0.2) is 0 Å². The molecule has 1 fully saturated rings. The van der Waals surface area contributed by atoms with Crippen LogP contribution in [-0.2, 0) is 6.54 Å². The molecule has 1 saturated carbocycles. The van der Waals surface area contributed by atoms with Crippen molar-refractivity contribution in [2.75, 3.05) is 0 Å². The van der Waals surface area contributed by atoms with Gasteiger partial charge in [-0.3, -0.25) is 0 Å². The van der Waals surface area contributed by atoms with Crippen LogP contribution >= 0.6 is 0 Å². The fourth-order valence-electron chi connectivity index (χ4n) is 2.47. The van der Waals surface area contributed by atoms with Gasteiger partial charge in [0.15, 0.2) is 5.76 Å². The molecule has 2 aromatic rings. The maximum atomic E-state index is 5.26. The van der Waals surface area contributed by atoms with Gasteiger partial charge in [0.2, 0.25) is 0 Å². The van der Waals surface area contributed by atoms with Crippen LogP contribution in [0.4, 0.5) is 0 Å². The molecule has 1 aliphatic carbocycles. The van der Waals surface area contributed by atoms with E-state index in [0.717, 1.165) is 23.9 Å². The van der Waals surface area contributed by atoms with Gasteiger partial charge in [0, 0.05) is 12.1 Å². The summed E-state index contributed by atoms with van der Waals surface area (Å²) in [6.07, 6.45) is 2.64. The molecule has 0 saturated heterocycles. The van der Waals surface area contributed by atoms with Crippen molar-refractivity contribution in [2.24, 2.45) is 5.92 Å². The van der Waals surface area contributed by atoms with Gasteiger partial charge in [-0.15, -0.1) is 0 Å². The molecule has 3 rings (SSSR count). The zero-order valence-electron chi connectivity index (χ0n) is 11.5. The maximum Gasteiger partial charge on any atom is 0.150 e. The van der Waals surface area contributed by atoms with Crippen LogP contribution in [0.3, 0.4) is 0 Å². The first kappa shape index (κ1) is 12.4. The molecule has 1 aromatic heterocycles. The zero-order chi connectivity index (χ0) is 13.2. The molecule has 3 heteroatoms. The Hall–Kier alpha value is -1.61. The second kappa shape index (κ2) is 5.17. The molecule has 0 aliphatic heterocycles. The lowest BCUT2D eigenvalue weighted by Crippen LogP contribution is -2.22. The van der Waals surface area contributed by atoms with Gasteiger partial charge in [0.25, 0.3) is 0 Å². The summed E-state index contributed by atoms with van der Waals surface area (Å²) in [4.78, 5) is 0. The van der Waals surface area contributed by atoms with Gasteiger partial charge in [-0.05, 0) is 38.2 Å². The zero-order valence-corrected chi connectivity index (χ0v) is 11.5. The lowest BCUT2D eigenvalue weighted by atomic mass is 10.0. The average Bonchev–Trinajstić information content (AvgIpc) is 3.15. The number of benzene rings is 1. The minimum atomic E-state index is 0.436. The van der Waals surface area contributed by atoms with E-state index < -0.39 is 0 Å². The van der Waals surface area contributed by atoms with Crippen molar-refractivity contribution in [3.63, 3.8) is 0 Å². The Labute approximate surface area is 114 Å². The van der Waals surface area contributed by atoms with E-state index in [-0.39, 0.29) is 0 Å². The van der Waals surface area contributed by atoms with Crippen molar-refractivity contribution < 1.29 is 4.52 Å². The van der Waals surface area contributed by atoms with Crippen molar-refractivity contribution in [1.29, 1.82) is 0 Å². The van der Waals surface area contributed by atoms with E-state index in [1.165, 1.54) is 24.0 Å². The summed E-state index contributed by atoms with van der Waals surface area (Å²) in [7, 11) is 0. The minimum absolute atomic E-state index is 0.436. The summed E-state index contributed by atoms with van der Waals surface area (Å²) >= 11 is 0. The highest BCUT2D eigenvalue weighted by atomic mass is 16.5. The lowest BCUT2D eigenvalue weighted by Gasteiger charge is -2.18. The molecular weight excluding hydrogens is 236 g/mol. The number of nitrogens with zero attached hydrogens (tertiary/aromatic N) is 1. The fourth-order valence-corrected chi connectivity index (χ4v) is 2.47. The van der Waals surface area contributed by atoms with Crippen LogP contribution < -0.4 is 5.32 Å². The first-order valence-electron chi connectivity index (χ1n) is 6.94. The molecule has 1 aliphatic rings. The molecule has 1 heterocycles. The van der Waals surface area contributed by atoms with Crippen LogP contribution in [0.25, 0.3) is 0 Å². The summed E-state index contributed by atoms with van der Waals surface area (Å²) < 4.78 is 5.26. The van der Waals surface area contributed by atoms with Crippen molar-refractivity contribution in [2.45, 2.75) is 39.3 Å². The summed E-state index contributed by atoms with van der Waals surface area (Å²) in [6, 6.07) is 11.3. The van der Waals surface area contributed by atoms with Crippen LogP contribution in [0.2, 0.25) is 0 Å². The molecule has 0 bridgehead atoms. The van der Waals surface area contributed by atoms with E-state index in [9.17, 15) is 0 Å². The molecule has 0 amide bonds. The number of aromatic nitrogens is 1. The molecule has 1 aromatic carbocycles. The number of hydrogen-bond donors (Lipinski definition) is 1. The molecule has 1 unspecified atom stereocenters.